The summed E-state index contributed by atoms with van der Waals surface area (Å²) in [5, 5.41) is 0. The second-order valence-corrected chi connectivity index (χ2v) is 3.04. The fourth-order valence-electron chi connectivity index (χ4n) is 1.33. The molecular weight excluding hydrogens is 166 g/mol. The van der Waals surface area contributed by atoms with Gasteiger partial charge in [-0.05, 0) is 17.7 Å². The first-order valence-electron chi connectivity index (χ1n) is 4.49. The van der Waals surface area contributed by atoms with E-state index in [-0.39, 0.29) is 0 Å². The molecule has 1 heterocycles. The Morgan fingerprint density at radius 3 is 2.69 bits per heavy atom. The van der Waals surface area contributed by atoms with Gasteiger partial charge >= 0.3 is 0 Å². The van der Waals surface area contributed by atoms with Crippen LogP contribution in [0, 0.1) is 0 Å². The van der Waals surface area contributed by atoms with Gasteiger partial charge in [-0.25, -0.2) is 0 Å². The zero-order chi connectivity index (χ0) is 9.10. The van der Waals surface area contributed by atoms with E-state index in [1.807, 2.05) is 18.2 Å². The van der Waals surface area contributed by atoms with Crippen LogP contribution in [0.15, 0.2) is 18.2 Å². The van der Waals surface area contributed by atoms with Crippen molar-refractivity contribution >= 4 is 0 Å². The maximum absolute atomic E-state index is 5.53. The van der Waals surface area contributed by atoms with Gasteiger partial charge < -0.3 is 15.2 Å². The smallest absolute Gasteiger partial charge is 0.161 e. The third-order valence-corrected chi connectivity index (χ3v) is 2.05. The van der Waals surface area contributed by atoms with Crippen LogP contribution in [-0.2, 0) is 6.54 Å². The molecule has 2 rings (SSSR count). The Bertz CT molecular complexity index is 299. The summed E-state index contributed by atoms with van der Waals surface area (Å²) in [6.45, 7) is 1.99. The van der Waals surface area contributed by atoms with Crippen molar-refractivity contribution in [1.82, 2.24) is 0 Å². The van der Waals surface area contributed by atoms with Crippen LogP contribution in [0.2, 0.25) is 0 Å². The van der Waals surface area contributed by atoms with Crippen molar-refractivity contribution < 1.29 is 9.47 Å². The van der Waals surface area contributed by atoms with Gasteiger partial charge in [-0.3, -0.25) is 0 Å². The molecule has 1 aromatic carbocycles. The molecule has 0 fully saturated rings. The third-order valence-electron chi connectivity index (χ3n) is 2.05. The second kappa shape index (κ2) is 3.66. The maximum atomic E-state index is 5.53. The Kier molecular flexibility index (Phi) is 2.36. The summed E-state index contributed by atoms with van der Waals surface area (Å²) in [6.07, 6.45) is 0.937. The van der Waals surface area contributed by atoms with Crippen LogP contribution in [0.4, 0.5) is 0 Å². The minimum absolute atomic E-state index is 0.538. The molecule has 0 spiro atoms. The maximum Gasteiger partial charge on any atom is 0.161 e. The van der Waals surface area contributed by atoms with Gasteiger partial charge in [-0.15, -0.1) is 0 Å². The highest BCUT2D eigenvalue weighted by molar-refractivity contribution is 5.43. The highest BCUT2D eigenvalue weighted by atomic mass is 16.5. The van der Waals surface area contributed by atoms with Crippen LogP contribution < -0.4 is 15.2 Å². The van der Waals surface area contributed by atoms with Crippen LogP contribution in [-0.4, -0.2) is 13.2 Å². The van der Waals surface area contributed by atoms with Gasteiger partial charge in [0.25, 0.3) is 0 Å². The monoisotopic (exact) mass is 179 g/mol. The lowest BCUT2D eigenvalue weighted by molar-refractivity contribution is 0.297. The average Bonchev–Trinajstić information content (AvgIpc) is 2.41. The summed E-state index contributed by atoms with van der Waals surface area (Å²) < 4.78 is 11.0. The first-order chi connectivity index (χ1) is 6.40. The van der Waals surface area contributed by atoms with Crippen molar-refractivity contribution in [2.45, 2.75) is 13.0 Å². The summed E-state index contributed by atoms with van der Waals surface area (Å²) in [5.41, 5.74) is 6.60. The lowest BCUT2D eigenvalue weighted by Crippen LogP contribution is -1.98. The van der Waals surface area contributed by atoms with Gasteiger partial charge in [0.2, 0.25) is 0 Å². The van der Waals surface area contributed by atoms with E-state index in [4.69, 9.17) is 15.2 Å². The van der Waals surface area contributed by atoms with E-state index < -0.39 is 0 Å². The first kappa shape index (κ1) is 8.38. The molecule has 3 heteroatoms. The highest BCUT2D eigenvalue weighted by Gasteiger charge is 2.09. The van der Waals surface area contributed by atoms with Crippen molar-refractivity contribution in [2.75, 3.05) is 13.2 Å². The summed E-state index contributed by atoms with van der Waals surface area (Å²) in [7, 11) is 0. The molecule has 3 nitrogen and oxygen atoms in total. The molecule has 1 aromatic rings. The molecule has 70 valence electrons. The number of ether oxygens (including phenoxy) is 2. The number of hydrogen-bond acceptors (Lipinski definition) is 3. The number of benzene rings is 1. The molecule has 0 bridgehead atoms. The zero-order valence-corrected chi connectivity index (χ0v) is 7.45. The van der Waals surface area contributed by atoms with E-state index in [0.29, 0.717) is 6.54 Å². The van der Waals surface area contributed by atoms with Crippen LogP contribution in [0.1, 0.15) is 12.0 Å². The van der Waals surface area contributed by atoms with Crippen LogP contribution in [0.25, 0.3) is 0 Å². The molecule has 0 atom stereocenters. The molecule has 13 heavy (non-hydrogen) atoms. The first-order valence-corrected chi connectivity index (χ1v) is 4.49. The van der Waals surface area contributed by atoms with E-state index >= 15 is 0 Å². The van der Waals surface area contributed by atoms with Gasteiger partial charge in [0.05, 0.1) is 13.2 Å². The minimum atomic E-state index is 0.538. The Labute approximate surface area is 77.5 Å². The molecule has 0 aliphatic carbocycles. The molecule has 0 saturated heterocycles. The molecule has 0 radical (unpaired) electrons. The quantitative estimate of drug-likeness (QED) is 0.706. The molecule has 0 saturated carbocycles. The molecule has 0 unspecified atom stereocenters. The fraction of sp³-hybridized carbons (Fsp3) is 0.400. The summed E-state index contributed by atoms with van der Waals surface area (Å²) >= 11 is 0. The zero-order valence-electron chi connectivity index (χ0n) is 7.45. The number of rotatable bonds is 1. The molecule has 0 aromatic heterocycles. The van der Waals surface area contributed by atoms with Crippen molar-refractivity contribution in [3.8, 4) is 11.5 Å². The van der Waals surface area contributed by atoms with E-state index in [2.05, 4.69) is 0 Å². The standard InChI is InChI=1S/C10H13NO2/c11-7-8-2-3-9-10(6-8)13-5-1-4-12-9/h2-3,6H,1,4-5,7,11H2. The van der Waals surface area contributed by atoms with E-state index in [9.17, 15) is 0 Å². The third kappa shape index (κ3) is 1.75. The van der Waals surface area contributed by atoms with E-state index in [0.717, 1.165) is 36.7 Å². The van der Waals surface area contributed by atoms with Crippen LogP contribution in [0.3, 0.4) is 0 Å². The van der Waals surface area contributed by atoms with Crippen molar-refractivity contribution in [1.29, 1.82) is 0 Å². The predicted molar refractivity (Wildman–Crippen MR) is 49.9 cm³/mol. The topological polar surface area (TPSA) is 44.5 Å². The Hall–Kier alpha value is -1.22. The molecule has 1 aliphatic heterocycles. The largest absolute Gasteiger partial charge is 0.490 e. The molecule has 0 amide bonds. The number of fused-ring (bicyclic) bond motifs is 1. The summed E-state index contributed by atoms with van der Waals surface area (Å²) in [5.74, 6) is 1.65. The van der Waals surface area contributed by atoms with Crippen LogP contribution >= 0.6 is 0 Å². The molecule has 2 N–H and O–H groups in total. The average molecular weight is 179 g/mol. The predicted octanol–water partition coefficient (Wildman–Crippen LogP) is 1.31. The van der Waals surface area contributed by atoms with E-state index in [1.54, 1.807) is 0 Å². The molecule has 1 aliphatic rings. The Morgan fingerprint density at radius 2 is 1.92 bits per heavy atom. The lowest BCUT2D eigenvalue weighted by Gasteiger charge is -2.07. The van der Waals surface area contributed by atoms with Crippen molar-refractivity contribution in [3.05, 3.63) is 23.8 Å². The normalized spacial score (nSPS) is 15.2. The van der Waals surface area contributed by atoms with Gasteiger partial charge in [0, 0.05) is 13.0 Å². The highest BCUT2D eigenvalue weighted by Crippen LogP contribution is 2.30. The van der Waals surface area contributed by atoms with Gasteiger partial charge in [-0.2, -0.15) is 0 Å². The second-order valence-electron chi connectivity index (χ2n) is 3.04. The van der Waals surface area contributed by atoms with Gasteiger partial charge in [-0.1, -0.05) is 6.07 Å². The number of nitrogens with two attached hydrogens (primary N) is 1. The van der Waals surface area contributed by atoms with Crippen molar-refractivity contribution in [2.24, 2.45) is 5.73 Å². The number of hydrogen-bond donors (Lipinski definition) is 1. The van der Waals surface area contributed by atoms with Crippen molar-refractivity contribution in [3.63, 3.8) is 0 Å². The van der Waals surface area contributed by atoms with Gasteiger partial charge in [0.15, 0.2) is 11.5 Å². The summed E-state index contributed by atoms with van der Waals surface area (Å²) in [4.78, 5) is 0. The Balaban J connectivity index is 2.32. The van der Waals surface area contributed by atoms with E-state index in [1.165, 1.54) is 0 Å². The lowest BCUT2D eigenvalue weighted by atomic mass is 10.2. The SMILES string of the molecule is NCc1ccc2c(c1)OCCCO2. The Morgan fingerprint density at radius 1 is 1.15 bits per heavy atom. The molecular formula is C10H13NO2. The fourth-order valence-corrected chi connectivity index (χ4v) is 1.33. The minimum Gasteiger partial charge on any atom is -0.490 e. The van der Waals surface area contributed by atoms with Crippen LogP contribution in [0.5, 0.6) is 11.5 Å². The summed E-state index contributed by atoms with van der Waals surface area (Å²) in [6, 6.07) is 5.83. The van der Waals surface area contributed by atoms with Gasteiger partial charge in [0.1, 0.15) is 0 Å².